The predicted molar refractivity (Wildman–Crippen MR) is 71.3 cm³/mol. The Bertz CT molecular complexity index is 620. The zero-order chi connectivity index (χ0) is 14.0. The van der Waals surface area contributed by atoms with E-state index in [1.807, 2.05) is 19.1 Å². The minimum Gasteiger partial charge on any atom is -0.496 e. The molecular formula is C13H15N3O3. The third kappa shape index (κ3) is 2.24. The maximum atomic E-state index is 11.2. The second-order valence-electron chi connectivity index (χ2n) is 4.05. The smallest absolute Gasteiger partial charge is 0.354 e. The molecule has 0 bridgehead atoms. The van der Waals surface area contributed by atoms with Gasteiger partial charge in [-0.2, -0.15) is 5.10 Å². The van der Waals surface area contributed by atoms with Gasteiger partial charge in [0.25, 0.3) is 0 Å². The predicted octanol–water partition coefficient (Wildman–Crippen LogP) is 1.93. The van der Waals surface area contributed by atoms with E-state index in [-0.39, 0.29) is 11.5 Å². The quantitative estimate of drug-likeness (QED) is 0.780. The number of aryl methyl sites for hydroxylation is 1. The lowest BCUT2D eigenvalue weighted by Crippen LogP contribution is -2.01. The van der Waals surface area contributed by atoms with Crippen molar-refractivity contribution in [2.45, 2.75) is 13.3 Å². The Hall–Kier alpha value is -2.50. The highest BCUT2D eigenvalue weighted by Crippen LogP contribution is 2.36. The summed E-state index contributed by atoms with van der Waals surface area (Å²) in [5.74, 6) is -0.403. The summed E-state index contributed by atoms with van der Waals surface area (Å²) in [6.07, 6.45) is 0.831. The number of aromatic nitrogens is 2. The van der Waals surface area contributed by atoms with Crippen LogP contribution in [0.1, 0.15) is 23.0 Å². The molecular weight excluding hydrogens is 246 g/mol. The highest BCUT2D eigenvalue weighted by Gasteiger charge is 2.21. The summed E-state index contributed by atoms with van der Waals surface area (Å²) in [6.45, 7) is 2.02. The lowest BCUT2D eigenvalue weighted by Gasteiger charge is -2.10. The molecule has 0 aliphatic rings. The number of rotatable bonds is 4. The number of hydrogen-bond acceptors (Lipinski definition) is 4. The zero-order valence-corrected chi connectivity index (χ0v) is 10.7. The monoisotopic (exact) mass is 261 g/mol. The first kappa shape index (κ1) is 12.9. The van der Waals surface area contributed by atoms with Crippen LogP contribution in [0.5, 0.6) is 5.75 Å². The number of aromatic amines is 1. The first-order valence-electron chi connectivity index (χ1n) is 5.82. The Labute approximate surface area is 110 Å². The van der Waals surface area contributed by atoms with Gasteiger partial charge in [-0.1, -0.05) is 13.0 Å². The van der Waals surface area contributed by atoms with Crippen LogP contribution in [-0.4, -0.2) is 28.4 Å². The molecule has 6 nitrogen and oxygen atoms in total. The Morgan fingerprint density at radius 2 is 2.26 bits per heavy atom. The number of nitrogens with one attached hydrogen (secondary N) is 1. The SMILES string of the molecule is CCc1ccc(OC)c(-c2c(N)n[nH]c2C(=O)O)c1. The molecule has 0 saturated heterocycles. The Morgan fingerprint density at radius 3 is 2.84 bits per heavy atom. The van der Waals surface area contributed by atoms with Crippen LogP contribution in [0.25, 0.3) is 11.1 Å². The van der Waals surface area contributed by atoms with Crippen LogP contribution in [-0.2, 0) is 6.42 Å². The van der Waals surface area contributed by atoms with Crippen molar-refractivity contribution in [3.63, 3.8) is 0 Å². The first-order valence-corrected chi connectivity index (χ1v) is 5.82. The molecule has 0 aliphatic carbocycles. The average Bonchev–Trinajstić information content (AvgIpc) is 2.80. The molecule has 1 heterocycles. The molecule has 2 aromatic rings. The summed E-state index contributed by atoms with van der Waals surface area (Å²) in [6, 6.07) is 5.60. The van der Waals surface area contributed by atoms with E-state index in [9.17, 15) is 4.79 Å². The van der Waals surface area contributed by atoms with Gasteiger partial charge in [-0.3, -0.25) is 5.10 Å². The molecule has 6 heteroatoms. The van der Waals surface area contributed by atoms with Crippen LogP contribution in [0.2, 0.25) is 0 Å². The number of carboxylic acid groups (broad SMARTS) is 1. The second kappa shape index (κ2) is 5.01. The largest absolute Gasteiger partial charge is 0.496 e. The third-order valence-corrected chi connectivity index (χ3v) is 2.95. The number of nitrogen functional groups attached to an aromatic ring is 1. The highest BCUT2D eigenvalue weighted by atomic mass is 16.5. The van der Waals surface area contributed by atoms with E-state index >= 15 is 0 Å². The van der Waals surface area contributed by atoms with Crippen molar-refractivity contribution in [2.24, 2.45) is 0 Å². The van der Waals surface area contributed by atoms with E-state index in [1.165, 1.54) is 7.11 Å². The van der Waals surface area contributed by atoms with E-state index in [0.29, 0.717) is 16.9 Å². The Kier molecular flexibility index (Phi) is 3.41. The van der Waals surface area contributed by atoms with Crippen molar-refractivity contribution < 1.29 is 14.6 Å². The van der Waals surface area contributed by atoms with Crippen molar-refractivity contribution in [3.8, 4) is 16.9 Å². The summed E-state index contributed by atoms with van der Waals surface area (Å²) in [5.41, 5.74) is 7.78. The van der Waals surface area contributed by atoms with Crippen molar-refractivity contribution in [1.82, 2.24) is 10.2 Å². The van der Waals surface area contributed by atoms with Crippen molar-refractivity contribution in [3.05, 3.63) is 29.5 Å². The minimum atomic E-state index is -1.11. The Morgan fingerprint density at radius 1 is 1.53 bits per heavy atom. The molecule has 100 valence electrons. The molecule has 1 aromatic carbocycles. The van der Waals surface area contributed by atoms with Crippen LogP contribution in [0.4, 0.5) is 5.82 Å². The lowest BCUT2D eigenvalue weighted by atomic mass is 10.0. The van der Waals surface area contributed by atoms with E-state index in [2.05, 4.69) is 10.2 Å². The van der Waals surface area contributed by atoms with Gasteiger partial charge in [0.1, 0.15) is 5.75 Å². The fourth-order valence-electron chi connectivity index (χ4n) is 1.95. The molecule has 1 aromatic heterocycles. The summed E-state index contributed by atoms with van der Waals surface area (Å²) >= 11 is 0. The fourth-order valence-corrected chi connectivity index (χ4v) is 1.95. The molecule has 0 spiro atoms. The molecule has 2 rings (SSSR count). The molecule has 0 aliphatic heterocycles. The van der Waals surface area contributed by atoms with Crippen LogP contribution in [0.15, 0.2) is 18.2 Å². The summed E-state index contributed by atoms with van der Waals surface area (Å²) < 4.78 is 5.27. The van der Waals surface area contributed by atoms with Crippen LogP contribution >= 0.6 is 0 Å². The van der Waals surface area contributed by atoms with Crippen LogP contribution in [0.3, 0.4) is 0 Å². The fraction of sp³-hybridized carbons (Fsp3) is 0.231. The van der Waals surface area contributed by atoms with Gasteiger partial charge in [-0.25, -0.2) is 4.79 Å². The molecule has 0 fully saturated rings. The van der Waals surface area contributed by atoms with Crippen LogP contribution in [0, 0.1) is 0 Å². The van der Waals surface area contributed by atoms with Gasteiger partial charge in [0, 0.05) is 5.56 Å². The molecule has 0 unspecified atom stereocenters. The number of carbonyl (C=O) groups is 1. The number of carboxylic acids is 1. The van der Waals surface area contributed by atoms with Gasteiger partial charge in [0.2, 0.25) is 0 Å². The summed E-state index contributed by atoms with van der Waals surface area (Å²) in [7, 11) is 1.53. The molecule has 4 N–H and O–H groups in total. The topological polar surface area (TPSA) is 101 Å². The van der Waals surface area contributed by atoms with E-state index in [4.69, 9.17) is 15.6 Å². The molecule has 19 heavy (non-hydrogen) atoms. The van der Waals surface area contributed by atoms with Crippen molar-refractivity contribution >= 4 is 11.8 Å². The molecule has 0 saturated carbocycles. The number of hydrogen-bond donors (Lipinski definition) is 3. The second-order valence-corrected chi connectivity index (χ2v) is 4.05. The van der Waals surface area contributed by atoms with Gasteiger partial charge in [-0.15, -0.1) is 0 Å². The van der Waals surface area contributed by atoms with E-state index in [1.54, 1.807) is 6.07 Å². The summed E-state index contributed by atoms with van der Waals surface area (Å²) in [5, 5.41) is 15.4. The average molecular weight is 261 g/mol. The van der Waals surface area contributed by atoms with Crippen molar-refractivity contribution in [1.29, 1.82) is 0 Å². The standard InChI is InChI=1S/C13H15N3O3/c1-3-7-4-5-9(19-2)8(6-7)10-11(13(17)18)15-16-12(10)14/h4-6H,3H2,1-2H3,(H,17,18)(H3,14,15,16). The van der Waals surface area contributed by atoms with Gasteiger partial charge in [-0.05, 0) is 24.1 Å². The number of H-pyrrole nitrogens is 1. The minimum absolute atomic E-state index is 0.0379. The normalized spacial score (nSPS) is 10.4. The Balaban J connectivity index is 2.69. The van der Waals surface area contributed by atoms with Gasteiger partial charge in [0.15, 0.2) is 11.5 Å². The van der Waals surface area contributed by atoms with Crippen LogP contribution < -0.4 is 10.5 Å². The lowest BCUT2D eigenvalue weighted by molar-refractivity contribution is 0.0691. The number of nitrogens with two attached hydrogens (primary N) is 1. The number of methoxy groups -OCH3 is 1. The van der Waals surface area contributed by atoms with Gasteiger partial charge >= 0.3 is 5.97 Å². The zero-order valence-electron chi connectivity index (χ0n) is 10.7. The third-order valence-electron chi connectivity index (χ3n) is 2.95. The molecule has 0 amide bonds. The number of anilines is 1. The number of nitrogens with zero attached hydrogens (tertiary/aromatic N) is 1. The van der Waals surface area contributed by atoms with Gasteiger partial charge < -0.3 is 15.6 Å². The van der Waals surface area contributed by atoms with Crippen molar-refractivity contribution in [2.75, 3.05) is 12.8 Å². The first-order chi connectivity index (χ1) is 9.08. The summed E-state index contributed by atoms with van der Waals surface area (Å²) in [4.78, 5) is 11.2. The maximum absolute atomic E-state index is 11.2. The van der Waals surface area contributed by atoms with E-state index in [0.717, 1.165) is 12.0 Å². The maximum Gasteiger partial charge on any atom is 0.354 e. The number of ether oxygens (including phenoxy) is 1. The van der Waals surface area contributed by atoms with Gasteiger partial charge in [0.05, 0.1) is 12.7 Å². The van der Waals surface area contributed by atoms with E-state index < -0.39 is 5.97 Å². The number of aromatic carboxylic acids is 1. The highest BCUT2D eigenvalue weighted by molar-refractivity contribution is 5.98. The molecule has 0 atom stereocenters. The number of benzene rings is 1. The molecule has 0 radical (unpaired) electrons.